The number of benzene rings is 3. The van der Waals surface area contributed by atoms with Crippen LogP contribution < -0.4 is 29.5 Å². The van der Waals surface area contributed by atoms with Crippen LogP contribution in [0.3, 0.4) is 0 Å². The monoisotopic (exact) mass is 593 g/mol. The van der Waals surface area contributed by atoms with Crippen LogP contribution in [-0.2, 0) is 0 Å². The molecule has 228 valence electrons. The van der Waals surface area contributed by atoms with Crippen molar-refractivity contribution in [1.82, 2.24) is 14.9 Å². The predicted molar refractivity (Wildman–Crippen MR) is 175 cm³/mol. The van der Waals surface area contributed by atoms with E-state index in [1.807, 2.05) is 74.3 Å². The van der Waals surface area contributed by atoms with Crippen molar-refractivity contribution in [3.8, 4) is 11.5 Å². The Kier molecular flexibility index (Phi) is 8.01. The first kappa shape index (κ1) is 29.3. The molecule has 1 atom stereocenters. The minimum atomic E-state index is -0.310. The molecule has 0 radical (unpaired) electrons. The number of aryl methyl sites for hydroxylation is 2. The van der Waals surface area contributed by atoms with E-state index in [1.54, 1.807) is 25.2 Å². The van der Waals surface area contributed by atoms with Crippen molar-refractivity contribution in [2.75, 3.05) is 67.5 Å². The largest absolute Gasteiger partial charge is 0.497 e. The first-order valence-electron chi connectivity index (χ1n) is 14.9. The molecule has 1 fully saturated rings. The van der Waals surface area contributed by atoms with Crippen LogP contribution in [0.25, 0.3) is 0 Å². The number of fused-ring (bicyclic) bond motifs is 1. The summed E-state index contributed by atoms with van der Waals surface area (Å²) in [4.78, 5) is 32.4. The van der Waals surface area contributed by atoms with Gasteiger partial charge in [0, 0.05) is 55.4 Å². The molecule has 10 heteroatoms. The molecule has 6 rings (SSSR count). The lowest BCUT2D eigenvalue weighted by atomic mass is 10.0. The Bertz CT molecular complexity index is 1650. The number of nitrogens with zero attached hydrogens (tertiary/aromatic N) is 6. The van der Waals surface area contributed by atoms with E-state index in [1.165, 1.54) is 5.69 Å². The fourth-order valence-electron chi connectivity index (χ4n) is 6.03. The number of ether oxygens (including phenoxy) is 2. The Morgan fingerprint density at radius 2 is 1.61 bits per heavy atom. The number of rotatable bonds is 7. The summed E-state index contributed by atoms with van der Waals surface area (Å²) in [5.41, 5.74) is 6.33. The van der Waals surface area contributed by atoms with Gasteiger partial charge in [0.1, 0.15) is 11.5 Å². The lowest BCUT2D eigenvalue weighted by Gasteiger charge is -2.41. The number of amides is 2. The summed E-state index contributed by atoms with van der Waals surface area (Å²) in [6, 6.07) is 19.2. The van der Waals surface area contributed by atoms with Crippen molar-refractivity contribution < 1.29 is 14.3 Å². The first-order chi connectivity index (χ1) is 21.3. The van der Waals surface area contributed by atoms with Crippen molar-refractivity contribution >= 4 is 40.5 Å². The molecule has 3 heterocycles. The lowest BCUT2D eigenvalue weighted by molar-refractivity contribution is 0.250. The van der Waals surface area contributed by atoms with Crippen LogP contribution >= 0.6 is 0 Å². The molecule has 0 saturated carbocycles. The van der Waals surface area contributed by atoms with E-state index in [4.69, 9.17) is 19.4 Å². The zero-order valence-electron chi connectivity index (χ0n) is 26.2. The topological polar surface area (TPSA) is 86.3 Å². The standard InChI is InChI=1S/C34H39N7O3/c1-22-8-7-9-23(2)31(22)40-24(3)28-21-35-33(36-25-10-12-26(13-11-25)39-18-16-38(4)17-19-39)37-32(28)41(34(40)42)29-15-14-27(43-5)20-30(29)44-6/h7-15,20-21,24H,16-19H2,1-6H3,(H,35,36,37). The molecule has 3 aromatic carbocycles. The highest BCUT2D eigenvalue weighted by Gasteiger charge is 2.41. The number of likely N-dealkylation sites (N-methyl/N-ethyl adjacent to an activating group) is 1. The summed E-state index contributed by atoms with van der Waals surface area (Å²) in [5.74, 6) is 2.02. The average molecular weight is 594 g/mol. The van der Waals surface area contributed by atoms with Crippen molar-refractivity contribution in [2.45, 2.75) is 26.8 Å². The van der Waals surface area contributed by atoms with Gasteiger partial charge in [-0.3, -0.25) is 4.90 Å². The SMILES string of the molecule is COc1ccc(N2C(=O)N(c3c(C)cccc3C)C(C)c3cnc(Nc4ccc(N5CCN(C)CC5)cc4)nc32)c(OC)c1. The Morgan fingerprint density at radius 3 is 2.27 bits per heavy atom. The van der Waals surface area contributed by atoms with E-state index >= 15 is 0 Å². The highest BCUT2D eigenvalue weighted by Crippen LogP contribution is 2.46. The molecule has 1 N–H and O–H groups in total. The van der Waals surface area contributed by atoms with Crippen molar-refractivity contribution in [3.05, 3.63) is 83.6 Å². The molecule has 2 aliphatic heterocycles. The Labute approximate surface area is 258 Å². The second kappa shape index (κ2) is 12.0. The number of methoxy groups -OCH3 is 2. The number of aromatic nitrogens is 2. The van der Waals surface area contributed by atoms with Crippen LogP contribution in [0.15, 0.2) is 66.9 Å². The maximum Gasteiger partial charge on any atom is 0.335 e. The third kappa shape index (κ3) is 5.37. The molecule has 0 spiro atoms. The second-order valence-electron chi connectivity index (χ2n) is 11.4. The second-order valence-corrected chi connectivity index (χ2v) is 11.4. The molecule has 0 aliphatic carbocycles. The van der Waals surface area contributed by atoms with Crippen LogP contribution in [0, 0.1) is 13.8 Å². The van der Waals surface area contributed by atoms with E-state index < -0.39 is 0 Å². The van der Waals surface area contributed by atoms with Crippen molar-refractivity contribution in [3.63, 3.8) is 0 Å². The smallest absolute Gasteiger partial charge is 0.335 e. The molecule has 44 heavy (non-hydrogen) atoms. The number of nitrogens with one attached hydrogen (secondary N) is 1. The number of anilines is 6. The molecule has 10 nitrogen and oxygen atoms in total. The Balaban J connectivity index is 1.39. The molecule has 1 unspecified atom stereocenters. The van der Waals surface area contributed by atoms with Gasteiger partial charge in [0.15, 0.2) is 5.82 Å². The predicted octanol–water partition coefficient (Wildman–Crippen LogP) is 6.45. The maximum absolute atomic E-state index is 14.6. The van der Waals surface area contributed by atoms with Crippen molar-refractivity contribution in [1.29, 1.82) is 0 Å². The van der Waals surface area contributed by atoms with Gasteiger partial charge in [0.2, 0.25) is 5.95 Å². The minimum absolute atomic E-state index is 0.230. The molecular weight excluding hydrogens is 554 g/mol. The van der Waals surface area contributed by atoms with Gasteiger partial charge in [-0.25, -0.2) is 14.7 Å². The Morgan fingerprint density at radius 1 is 0.909 bits per heavy atom. The zero-order valence-corrected chi connectivity index (χ0v) is 26.2. The summed E-state index contributed by atoms with van der Waals surface area (Å²) in [7, 11) is 5.34. The number of hydrogen-bond acceptors (Lipinski definition) is 8. The summed E-state index contributed by atoms with van der Waals surface area (Å²) < 4.78 is 11.2. The number of carbonyl (C=O) groups is 1. The van der Waals surface area contributed by atoms with Crippen LogP contribution in [-0.4, -0.2) is 68.3 Å². The van der Waals surface area contributed by atoms with Gasteiger partial charge >= 0.3 is 6.03 Å². The third-order valence-electron chi connectivity index (χ3n) is 8.54. The van der Waals surface area contributed by atoms with E-state index in [0.29, 0.717) is 29.0 Å². The molecular formula is C34H39N7O3. The van der Waals surface area contributed by atoms with E-state index in [0.717, 1.165) is 54.2 Å². The molecule has 1 aromatic heterocycles. The summed E-state index contributed by atoms with van der Waals surface area (Å²) in [6.45, 7) is 10.2. The number of carbonyl (C=O) groups excluding carboxylic acids is 1. The van der Waals surface area contributed by atoms with Crippen LogP contribution in [0.5, 0.6) is 11.5 Å². The lowest BCUT2D eigenvalue weighted by Crippen LogP contribution is -2.48. The van der Waals surface area contributed by atoms with Crippen LogP contribution in [0.4, 0.5) is 39.3 Å². The van der Waals surface area contributed by atoms with E-state index in [-0.39, 0.29) is 12.1 Å². The number of urea groups is 1. The Hall–Kier alpha value is -4.83. The summed E-state index contributed by atoms with van der Waals surface area (Å²) >= 11 is 0. The fourth-order valence-corrected chi connectivity index (χ4v) is 6.03. The molecule has 2 amide bonds. The normalized spacial score (nSPS) is 17.0. The molecule has 2 aliphatic rings. The highest BCUT2D eigenvalue weighted by molar-refractivity contribution is 6.12. The fraction of sp³-hybridized carbons (Fsp3) is 0.324. The van der Waals surface area contributed by atoms with Gasteiger partial charge in [-0.2, -0.15) is 4.98 Å². The third-order valence-corrected chi connectivity index (χ3v) is 8.54. The molecule has 4 aromatic rings. The number of para-hydroxylation sites is 1. The van der Waals surface area contributed by atoms with Gasteiger partial charge in [-0.05, 0) is 75.3 Å². The van der Waals surface area contributed by atoms with Gasteiger partial charge in [0.05, 0.1) is 31.6 Å². The first-order valence-corrected chi connectivity index (χ1v) is 14.9. The van der Waals surface area contributed by atoms with Gasteiger partial charge in [0.25, 0.3) is 0 Å². The minimum Gasteiger partial charge on any atom is -0.497 e. The van der Waals surface area contributed by atoms with E-state index in [9.17, 15) is 4.79 Å². The van der Waals surface area contributed by atoms with E-state index in [2.05, 4.69) is 34.3 Å². The molecule has 0 bridgehead atoms. The summed E-state index contributed by atoms with van der Waals surface area (Å²) in [6.07, 6.45) is 1.81. The summed E-state index contributed by atoms with van der Waals surface area (Å²) in [5, 5.41) is 3.35. The van der Waals surface area contributed by atoms with Gasteiger partial charge in [-0.15, -0.1) is 0 Å². The highest BCUT2D eigenvalue weighted by atomic mass is 16.5. The average Bonchev–Trinajstić information content (AvgIpc) is 3.03. The zero-order chi connectivity index (χ0) is 31.0. The van der Waals surface area contributed by atoms with Crippen LogP contribution in [0.1, 0.15) is 29.7 Å². The quantitative estimate of drug-likeness (QED) is 0.262. The number of hydrogen-bond donors (Lipinski definition) is 1. The van der Waals surface area contributed by atoms with Crippen molar-refractivity contribution in [2.24, 2.45) is 0 Å². The van der Waals surface area contributed by atoms with Gasteiger partial charge < -0.3 is 24.6 Å². The molecule has 1 saturated heterocycles. The van der Waals surface area contributed by atoms with Crippen LogP contribution in [0.2, 0.25) is 0 Å². The van der Waals surface area contributed by atoms with Gasteiger partial charge in [-0.1, -0.05) is 18.2 Å². The number of piperazine rings is 1. The maximum atomic E-state index is 14.6.